The predicted molar refractivity (Wildman–Crippen MR) is 81.7 cm³/mol. The van der Waals surface area contributed by atoms with Gasteiger partial charge in [0.2, 0.25) is 5.91 Å². The Bertz CT molecular complexity index is 585. The van der Waals surface area contributed by atoms with Crippen molar-refractivity contribution in [2.75, 3.05) is 18.5 Å². The highest BCUT2D eigenvalue weighted by atomic mass is 32.1. The Hall–Kier alpha value is -1.66. The number of allylic oxidation sites excluding steroid dienone is 1. The molecule has 114 valence electrons. The molecule has 0 aromatic carbocycles. The topological polar surface area (TPSA) is 64.6 Å². The van der Waals surface area contributed by atoms with Gasteiger partial charge >= 0.3 is 5.97 Å². The number of thiophene rings is 1. The van der Waals surface area contributed by atoms with Gasteiger partial charge in [-0.2, -0.15) is 0 Å². The summed E-state index contributed by atoms with van der Waals surface area (Å²) in [5, 5.41) is 3.33. The number of fused-ring (bicyclic) bond motifs is 1. The van der Waals surface area contributed by atoms with Gasteiger partial charge in [-0.3, -0.25) is 4.79 Å². The Morgan fingerprint density at radius 2 is 2.19 bits per heavy atom. The molecule has 21 heavy (non-hydrogen) atoms. The fourth-order valence-electron chi connectivity index (χ4n) is 2.15. The number of hydrogen-bond acceptors (Lipinski definition) is 5. The summed E-state index contributed by atoms with van der Waals surface area (Å²) in [4.78, 5) is 25.1. The number of carbonyl (C=O) groups is 2. The van der Waals surface area contributed by atoms with Gasteiger partial charge < -0.3 is 14.8 Å². The summed E-state index contributed by atoms with van der Waals surface area (Å²) in [5.74, 6) is -0.621. The molecular weight excluding hydrogens is 290 g/mol. The van der Waals surface area contributed by atoms with Crippen LogP contribution in [-0.2, 0) is 27.3 Å². The summed E-state index contributed by atoms with van der Waals surface area (Å²) >= 11 is 1.38. The number of hydrogen-bond donors (Lipinski definition) is 1. The SMILES string of the molecule is CCOC(=O)c1c(NC(=O)C=C(C)C)sc2c1CCOC2. The molecule has 1 N–H and O–H groups in total. The third-order valence-corrected chi connectivity index (χ3v) is 4.08. The first kappa shape index (κ1) is 15.7. The third-order valence-electron chi connectivity index (χ3n) is 2.96. The van der Waals surface area contributed by atoms with Crippen LogP contribution in [-0.4, -0.2) is 25.1 Å². The summed E-state index contributed by atoms with van der Waals surface area (Å²) in [6.45, 7) is 6.82. The lowest BCUT2D eigenvalue weighted by Crippen LogP contribution is -2.15. The molecule has 0 aliphatic carbocycles. The van der Waals surface area contributed by atoms with Crippen LogP contribution >= 0.6 is 11.3 Å². The van der Waals surface area contributed by atoms with E-state index in [-0.39, 0.29) is 11.9 Å². The van der Waals surface area contributed by atoms with E-state index in [0.29, 0.717) is 36.8 Å². The molecule has 5 nitrogen and oxygen atoms in total. The molecule has 0 spiro atoms. The minimum atomic E-state index is -0.385. The highest BCUT2D eigenvalue weighted by Gasteiger charge is 2.27. The van der Waals surface area contributed by atoms with E-state index in [1.807, 2.05) is 13.8 Å². The molecule has 0 saturated heterocycles. The fourth-order valence-corrected chi connectivity index (χ4v) is 3.33. The van der Waals surface area contributed by atoms with Gasteiger partial charge in [0, 0.05) is 11.0 Å². The maximum absolute atomic E-state index is 12.2. The number of rotatable bonds is 4. The second-order valence-electron chi connectivity index (χ2n) is 4.94. The monoisotopic (exact) mass is 309 g/mol. The van der Waals surface area contributed by atoms with Crippen molar-refractivity contribution in [3.05, 3.63) is 27.7 Å². The van der Waals surface area contributed by atoms with E-state index in [0.717, 1.165) is 16.0 Å². The minimum Gasteiger partial charge on any atom is -0.462 e. The van der Waals surface area contributed by atoms with Gasteiger partial charge in [0.15, 0.2) is 0 Å². The number of ether oxygens (including phenoxy) is 2. The van der Waals surface area contributed by atoms with Crippen molar-refractivity contribution in [3.8, 4) is 0 Å². The molecule has 2 rings (SSSR count). The molecule has 1 aromatic heterocycles. The minimum absolute atomic E-state index is 0.236. The lowest BCUT2D eigenvalue weighted by molar-refractivity contribution is -0.111. The molecule has 6 heteroatoms. The lowest BCUT2D eigenvalue weighted by Gasteiger charge is -2.13. The second kappa shape index (κ2) is 6.87. The zero-order chi connectivity index (χ0) is 15.4. The van der Waals surface area contributed by atoms with Gasteiger partial charge in [-0.25, -0.2) is 4.79 Å². The van der Waals surface area contributed by atoms with Crippen LogP contribution in [0.15, 0.2) is 11.6 Å². The molecule has 0 radical (unpaired) electrons. The van der Waals surface area contributed by atoms with Crippen molar-refractivity contribution in [3.63, 3.8) is 0 Å². The van der Waals surface area contributed by atoms with Crippen molar-refractivity contribution in [2.24, 2.45) is 0 Å². The van der Waals surface area contributed by atoms with Crippen molar-refractivity contribution >= 4 is 28.2 Å². The standard InChI is InChI=1S/C15H19NO4S/c1-4-20-15(18)13-10-5-6-19-8-11(10)21-14(13)16-12(17)7-9(2)3/h7H,4-6,8H2,1-3H3,(H,16,17). The Labute approximate surface area is 127 Å². The predicted octanol–water partition coefficient (Wildman–Crippen LogP) is 2.90. The summed E-state index contributed by atoms with van der Waals surface area (Å²) in [6, 6.07) is 0. The van der Waals surface area contributed by atoms with Gasteiger partial charge in [-0.15, -0.1) is 11.3 Å². The smallest absolute Gasteiger partial charge is 0.341 e. The number of amides is 1. The van der Waals surface area contributed by atoms with Gasteiger partial charge in [-0.05, 0) is 32.8 Å². The van der Waals surface area contributed by atoms with Gasteiger partial charge in [-0.1, -0.05) is 5.57 Å². The van der Waals surface area contributed by atoms with Crippen molar-refractivity contribution < 1.29 is 19.1 Å². The summed E-state index contributed by atoms with van der Waals surface area (Å²) < 4.78 is 10.5. The van der Waals surface area contributed by atoms with E-state index in [1.54, 1.807) is 6.92 Å². The van der Waals surface area contributed by atoms with Crippen LogP contribution in [0.5, 0.6) is 0 Å². The van der Waals surface area contributed by atoms with Crippen molar-refractivity contribution in [2.45, 2.75) is 33.8 Å². The Kier molecular flexibility index (Phi) is 5.14. The third kappa shape index (κ3) is 3.71. The molecule has 0 unspecified atom stereocenters. The molecule has 0 saturated carbocycles. The number of anilines is 1. The molecule has 2 heterocycles. The molecule has 0 atom stereocenters. The Balaban J connectivity index is 2.35. The zero-order valence-electron chi connectivity index (χ0n) is 12.4. The maximum Gasteiger partial charge on any atom is 0.341 e. The summed E-state index contributed by atoms with van der Waals surface area (Å²) in [7, 11) is 0. The molecular formula is C15H19NO4S. The maximum atomic E-state index is 12.2. The van der Waals surface area contributed by atoms with E-state index >= 15 is 0 Å². The van der Waals surface area contributed by atoms with E-state index in [4.69, 9.17) is 9.47 Å². The highest BCUT2D eigenvalue weighted by Crippen LogP contribution is 2.37. The van der Waals surface area contributed by atoms with Crippen LogP contribution in [0.1, 0.15) is 41.6 Å². The number of carbonyl (C=O) groups excluding carboxylic acids is 2. The molecule has 1 aliphatic heterocycles. The normalized spacial score (nSPS) is 13.3. The van der Waals surface area contributed by atoms with Crippen LogP contribution < -0.4 is 5.32 Å². The number of nitrogens with one attached hydrogen (secondary N) is 1. The average molecular weight is 309 g/mol. The quantitative estimate of drug-likeness (QED) is 0.686. The van der Waals surface area contributed by atoms with Crippen LogP contribution in [0.4, 0.5) is 5.00 Å². The molecule has 1 amide bonds. The first-order valence-corrected chi connectivity index (χ1v) is 7.69. The second-order valence-corrected chi connectivity index (χ2v) is 6.05. The van der Waals surface area contributed by atoms with Crippen LogP contribution in [0, 0.1) is 0 Å². The van der Waals surface area contributed by atoms with E-state index in [2.05, 4.69) is 5.32 Å². The van der Waals surface area contributed by atoms with Crippen LogP contribution in [0.3, 0.4) is 0 Å². The highest BCUT2D eigenvalue weighted by molar-refractivity contribution is 7.17. The molecule has 1 aromatic rings. The van der Waals surface area contributed by atoms with Gasteiger partial charge in [0.05, 0.1) is 25.4 Å². The molecule has 0 fully saturated rings. The Morgan fingerprint density at radius 3 is 2.86 bits per heavy atom. The molecule has 1 aliphatic rings. The lowest BCUT2D eigenvalue weighted by atomic mass is 10.1. The molecule has 0 bridgehead atoms. The first-order valence-electron chi connectivity index (χ1n) is 6.88. The first-order chi connectivity index (χ1) is 10.0. The van der Waals surface area contributed by atoms with E-state index in [1.165, 1.54) is 17.4 Å². The van der Waals surface area contributed by atoms with Crippen LogP contribution in [0.2, 0.25) is 0 Å². The van der Waals surface area contributed by atoms with Crippen LogP contribution in [0.25, 0.3) is 0 Å². The van der Waals surface area contributed by atoms with E-state index < -0.39 is 0 Å². The zero-order valence-corrected chi connectivity index (χ0v) is 13.3. The van der Waals surface area contributed by atoms with Crippen molar-refractivity contribution in [1.82, 2.24) is 0 Å². The van der Waals surface area contributed by atoms with Gasteiger partial charge in [0.25, 0.3) is 0 Å². The largest absolute Gasteiger partial charge is 0.462 e. The summed E-state index contributed by atoms with van der Waals surface area (Å²) in [5.41, 5.74) is 2.32. The fraction of sp³-hybridized carbons (Fsp3) is 0.467. The Morgan fingerprint density at radius 1 is 1.43 bits per heavy atom. The van der Waals surface area contributed by atoms with Crippen molar-refractivity contribution in [1.29, 1.82) is 0 Å². The summed E-state index contributed by atoms with van der Waals surface area (Å²) in [6.07, 6.45) is 2.17. The van der Waals surface area contributed by atoms with Gasteiger partial charge in [0.1, 0.15) is 5.00 Å². The number of esters is 1. The average Bonchev–Trinajstić information content (AvgIpc) is 2.75. The van der Waals surface area contributed by atoms with E-state index in [9.17, 15) is 9.59 Å².